The number of hydrogen-bond acceptors (Lipinski definition) is 2. The van der Waals surface area contributed by atoms with Crippen molar-refractivity contribution in [2.45, 2.75) is 12.5 Å². The molecule has 1 heterocycles. The van der Waals surface area contributed by atoms with Gasteiger partial charge in [-0.3, -0.25) is 0 Å². The van der Waals surface area contributed by atoms with E-state index < -0.39 is 6.10 Å². The highest BCUT2D eigenvalue weighted by molar-refractivity contribution is 5.28. The summed E-state index contributed by atoms with van der Waals surface area (Å²) in [6.45, 7) is 0. The number of methoxy groups -OCH3 is 1. The number of rotatable bonds is 4. The molecule has 0 radical (unpaired) electrons. The predicted octanol–water partition coefficient (Wildman–Crippen LogP) is 2.30. The van der Waals surface area contributed by atoms with Gasteiger partial charge in [-0.2, -0.15) is 0 Å². The van der Waals surface area contributed by atoms with Gasteiger partial charge in [0.05, 0.1) is 13.2 Å². The second-order valence-corrected chi connectivity index (χ2v) is 3.69. The predicted molar refractivity (Wildman–Crippen MR) is 62.5 cm³/mol. The molecule has 1 aromatic heterocycles. The highest BCUT2D eigenvalue weighted by atomic mass is 16.5. The molecule has 0 amide bonds. The van der Waals surface area contributed by atoms with Crippen molar-refractivity contribution in [3.63, 3.8) is 0 Å². The van der Waals surface area contributed by atoms with Gasteiger partial charge >= 0.3 is 0 Å². The Hall–Kier alpha value is -1.74. The minimum Gasteiger partial charge on any atom is -0.497 e. The maximum Gasteiger partial charge on any atom is 0.118 e. The molecule has 0 saturated carbocycles. The lowest BCUT2D eigenvalue weighted by Crippen LogP contribution is -2.01. The molecule has 0 bridgehead atoms. The molecular weight excluding hydrogens is 202 g/mol. The molecule has 0 fully saturated rings. The van der Waals surface area contributed by atoms with Crippen LogP contribution in [0.15, 0.2) is 42.6 Å². The number of aliphatic hydroxyl groups is 1. The fraction of sp³-hybridized carbons (Fsp3) is 0.231. The molecule has 1 unspecified atom stereocenters. The van der Waals surface area contributed by atoms with Crippen LogP contribution in [0, 0.1) is 0 Å². The number of aliphatic hydroxyl groups excluding tert-OH is 1. The van der Waals surface area contributed by atoms with Crippen LogP contribution in [0.2, 0.25) is 0 Å². The molecule has 2 aromatic rings. The van der Waals surface area contributed by atoms with Gasteiger partial charge in [-0.1, -0.05) is 12.1 Å². The Morgan fingerprint density at radius 1 is 1.25 bits per heavy atom. The Bertz CT molecular complexity index is 420. The van der Waals surface area contributed by atoms with Crippen molar-refractivity contribution in [3.05, 3.63) is 53.9 Å². The number of ether oxygens (including phenoxy) is 1. The third-order valence-electron chi connectivity index (χ3n) is 2.57. The molecule has 3 heteroatoms. The highest BCUT2D eigenvalue weighted by Gasteiger charge is 2.08. The summed E-state index contributed by atoms with van der Waals surface area (Å²) in [6, 6.07) is 11.5. The van der Waals surface area contributed by atoms with E-state index in [9.17, 15) is 5.11 Å². The first-order valence-electron chi connectivity index (χ1n) is 5.24. The number of hydrogen-bond donors (Lipinski definition) is 2. The zero-order valence-electron chi connectivity index (χ0n) is 9.18. The molecule has 2 rings (SSSR count). The van der Waals surface area contributed by atoms with Crippen LogP contribution in [0.3, 0.4) is 0 Å². The topological polar surface area (TPSA) is 45.2 Å². The lowest BCUT2D eigenvalue weighted by atomic mass is 10.1. The lowest BCUT2D eigenvalue weighted by molar-refractivity contribution is 0.174. The monoisotopic (exact) mass is 217 g/mol. The number of H-pyrrole nitrogens is 1. The van der Waals surface area contributed by atoms with E-state index in [1.807, 2.05) is 42.6 Å². The van der Waals surface area contributed by atoms with Crippen molar-refractivity contribution in [1.29, 1.82) is 0 Å². The van der Waals surface area contributed by atoms with E-state index in [0.717, 1.165) is 17.0 Å². The molecule has 0 spiro atoms. The van der Waals surface area contributed by atoms with E-state index in [0.29, 0.717) is 6.42 Å². The molecule has 84 valence electrons. The quantitative estimate of drug-likeness (QED) is 0.825. The van der Waals surface area contributed by atoms with E-state index in [-0.39, 0.29) is 0 Å². The largest absolute Gasteiger partial charge is 0.497 e. The summed E-state index contributed by atoms with van der Waals surface area (Å²) >= 11 is 0. The van der Waals surface area contributed by atoms with Gasteiger partial charge in [0.1, 0.15) is 5.75 Å². The van der Waals surface area contributed by atoms with Crippen LogP contribution in [0.1, 0.15) is 17.4 Å². The summed E-state index contributed by atoms with van der Waals surface area (Å²) in [4.78, 5) is 3.01. The second-order valence-electron chi connectivity index (χ2n) is 3.69. The Kier molecular flexibility index (Phi) is 3.27. The van der Waals surface area contributed by atoms with Crippen LogP contribution in [0.25, 0.3) is 0 Å². The summed E-state index contributed by atoms with van der Waals surface area (Å²) in [5, 5.41) is 9.93. The van der Waals surface area contributed by atoms with Crippen LogP contribution < -0.4 is 4.74 Å². The molecule has 0 aliphatic carbocycles. The van der Waals surface area contributed by atoms with E-state index in [1.54, 1.807) is 7.11 Å². The normalized spacial score (nSPS) is 12.4. The third-order valence-corrected chi connectivity index (χ3v) is 2.57. The summed E-state index contributed by atoms with van der Waals surface area (Å²) in [6.07, 6.45) is 1.93. The standard InChI is InChI=1S/C13H15NO2/c1-16-11-6-4-10(5-7-11)9-13(15)12-3-2-8-14-12/h2-8,13-15H,9H2,1H3. The van der Waals surface area contributed by atoms with Crippen molar-refractivity contribution in [3.8, 4) is 5.75 Å². The smallest absolute Gasteiger partial charge is 0.118 e. The van der Waals surface area contributed by atoms with E-state index in [4.69, 9.17) is 4.74 Å². The first-order valence-corrected chi connectivity index (χ1v) is 5.24. The average molecular weight is 217 g/mol. The third kappa shape index (κ3) is 2.44. The Morgan fingerprint density at radius 3 is 2.56 bits per heavy atom. The summed E-state index contributed by atoms with van der Waals surface area (Å²) in [5.41, 5.74) is 1.93. The molecule has 0 saturated heterocycles. The van der Waals surface area contributed by atoms with Crippen LogP contribution in [0.4, 0.5) is 0 Å². The number of nitrogens with one attached hydrogen (secondary N) is 1. The van der Waals surface area contributed by atoms with Crippen LogP contribution in [-0.4, -0.2) is 17.2 Å². The van der Waals surface area contributed by atoms with Crippen molar-refractivity contribution in [2.75, 3.05) is 7.11 Å². The highest BCUT2D eigenvalue weighted by Crippen LogP contribution is 2.18. The fourth-order valence-electron chi connectivity index (χ4n) is 1.65. The molecule has 0 aliphatic rings. The molecular formula is C13H15NO2. The molecule has 1 atom stereocenters. The van der Waals surface area contributed by atoms with Crippen molar-refractivity contribution < 1.29 is 9.84 Å². The molecule has 3 nitrogen and oxygen atoms in total. The molecule has 1 aromatic carbocycles. The number of aromatic nitrogens is 1. The zero-order valence-corrected chi connectivity index (χ0v) is 9.18. The molecule has 2 N–H and O–H groups in total. The minimum absolute atomic E-state index is 0.483. The maximum atomic E-state index is 9.93. The van der Waals surface area contributed by atoms with Gasteiger partial charge in [0.2, 0.25) is 0 Å². The van der Waals surface area contributed by atoms with Crippen LogP contribution in [-0.2, 0) is 6.42 Å². The van der Waals surface area contributed by atoms with Gasteiger partial charge in [-0.05, 0) is 29.8 Å². The Balaban J connectivity index is 2.03. The maximum absolute atomic E-state index is 9.93. The SMILES string of the molecule is COc1ccc(CC(O)c2ccc[nH]2)cc1. The summed E-state index contributed by atoms with van der Waals surface area (Å²) < 4.78 is 5.08. The zero-order chi connectivity index (χ0) is 11.4. The molecule has 16 heavy (non-hydrogen) atoms. The van der Waals surface area contributed by atoms with E-state index in [1.165, 1.54) is 0 Å². The van der Waals surface area contributed by atoms with E-state index in [2.05, 4.69) is 4.98 Å². The number of aromatic amines is 1. The van der Waals surface area contributed by atoms with Gasteiger partial charge in [0.15, 0.2) is 0 Å². The summed E-state index contributed by atoms with van der Waals surface area (Å²) in [7, 11) is 1.64. The number of benzene rings is 1. The van der Waals surface area contributed by atoms with Crippen LogP contribution >= 0.6 is 0 Å². The van der Waals surface area contributed by atoms with Crippen molar-refractivity contribution >= 4 is 0 Å². The van der Waals surface area contributed by atoms with Crippen LogP contribution in [0.5, 0.6) is 5.75 Å². The van der Waals surface area contributed by atoms with Crippen molar-refractivity contribution in [2.24, 2.45) is 0 Å². The fourth-order valence-corrected chi connectivity index (χ4v) is 1.65. The second kappa shape index (κ2) is 4.86. The van der Waals surface area contributed by atoms with E-state index >= 15 is 0 Å². The lowest BCUT2D eigenvalue weighted by Gasteiger charge is -2.09. The van der Waals surface area contributed by atoms with Gasteiger partial charge in [-0.25, -0.2) is 0 Å². The van der Waals surface area contributed by atoms with Gasteiger partial charge in [0.25, 0.3) is 0 Å². The van der Waals surface area contributed by atoms with Gasteiger partial charge < -0.3 is 14.8 Å². The minimum atomic E-state index is -0.483. The van der Waals surface area contributed by atoms with Gasteiger partial charge in [-0.15, -0.1) is 0 Å². The Labute approximate surface area is 94.7 Å². The first-order chi connectivity index (χ1) is 7.79. The Morgan fingerprint density at radius 2 is 2.00 bits per heavy atom. The average Bonchev–Trinajstić information content (AvgIpc) is 2.83. The van der Waals surface area contributed by atoms with Crippen molar-refractivity contribution in [1.82, 2.24) is 4.98 Å². The molecule has 0 aliphatic heterocycles. The first kappa shape index (κ1) is 10.8. The summed E-state index contributed by atoms with van der Waals surface area (Å²) in [5.74, 6) is 0.832. The van der Waals surface area contributed by atoms with Gasteiger partial charge in [0, 0.05) is 18.3 Å².